The summed E-state index contributed by atoms with van der Waals surface area (Å²) in [7, 11) is 0. The number of amides is 2. The lowest BCUT2D eigenvalue weighted by atomic mass is 9.96. The molecule has 1 atom stereocenters. The average molecular weight is 381 g/mol. The van der Waals surface area contributed by atoms with Gasteiger partial charge in [-0.3, -0.25) is 14.5 Å². The predicted molar refractivity (Wildman–Crippen MR) is 98.2 cm³/mol. The van der Waals surface area contributed by atoms with Gasteiger partial charge in [0.1, 0.15) is 18.1 Å². The maximum absolute atomic E-state index is 13.3. The van der Waals surface area contributed by atoms with Crippen molar-refractivity contribution in [3.63, 3.8) is 0 Å². The first-order valence-corrected chi connectivity index (χ1v) is 8.93. The van der Waals surface area contributed by atoms with E-state index in [-0.39, 0.29) is 37.8 Å². The highest BCUT2D eigenvalue weighted by molar-refractivity contribution is 6.15. The Labute approximate surface area is 161 Å². The second-order valence-electron chi connectivity index (χ2n) is 6.77. The highest BCUT2D eigenvalue weighted by Crippen LogP contribution is 2.45. The fourth-order valence-electron chi connectivity index (χ4n) is 3.87. The maximum Gasteiger partial charge on any atom is 0.354 e. The lowest BCUT2D eigenvalue weighted by molar-refractivity contribution is -0.158. The van der Waals surface area contributed by atoms with Crippen LogP contribution in [0.25, 0.3) is 0 Å². The quantitative estimate of drug-likeness (QED) is 0.582. The Kier molecular flexibility index (Phi) is 4.26. The van der Waals surface area contributed by atoms with E-state index in [1.807, 2.05) is 0 Å². The number of carbonyl (C=O) groups is 3. The number of benzene rings is 1. The van der Waals surface area contributed by atoms with Gasteiger partial charge in [-0.05, 0) is 19.1 Å². The Morgan fingerprint density at radius 2 is 2.18 bits per heavy atom. The van der Waals surface area contributed by atoms with E-state index in [4.69, 9.17) is 9.26 Å². The van der Waals surface area contributed by atoms with Crippen molar-refractivity contribution in [1.29, 1.82) is 0 Å². The number of hydrogen-bond acceptors (Lipinski definition) is 6. The summed E-state index contributed by atoms with van der Waals surface area (Å²) in [6, 6.07) is 8.43. The van der Waals surface area contributed by atoms with Crippen LogP contribution in [0.4, 0.5) is 5.69 Å². The number of aromatic nitrogens is 1. The van der Waals surface area contributed by atoms with Crippen LogP contribution in [0.3, 0.4) is 0 Å². The Hall–Kier alpha value is -3.42. The standard InChI is InChI=1S/C20H19N3O5/c1-3-10-22-18(25)15-6-4-5-7-16(15)23-17(24)8-9-20(22,23)19(26)27-12-14-11-13(2)28-21-14/h3-7,11H,1,8-10,12H2,2H3/t20-/m1/s1. The topological polar surface area (TPSA) is 93.0 Å². The van der Waals surface area contributed by atoms with Gasteiger partial charge in [0.15, 0.2) is 0 Å². The van der Waals surface area contributed by atoms with Gasteiger partial charge < -0.3 is 14.2 Å². The molecule has 28 heavy (non-hydrogen) atoms. The lowest BCUT2D eigenvalue weighted by Gasteiger charge is -2.48. The number of carbonyl (C=O) groups excluding carboxylic acids is 3. The number of aryl methyl sites for hydroxylation is 1. The molecule has 1 aromatic carbocycles. The lowest BCUT2D eigenvalue weighted by Crippen LogP contribution is -2.68. The molecule has 1 saturated heterocycles. The van der Waals surface area contributed by atoms with Gasteiger partial charge in [-0.1, -0.05) is 23.4 Å². The second-order valence-corrected chi connectivity index (χ2v) is 6.77. The smallest absolute Gasteiger partial charge is 0.354 e. The van der Waals surface area contributed by atoms with Crippen molar-refractivity contribution in [2.24, 2.45) is 0 Å². The molecule has 0 spiro atoms. The van der Waals surface area contributed by atoms with Gasteiger partial charge in [-0.2, -0.15) is 0 Å². The summed E-state index contributed by atoms with van der Waals surface area (Å²) < 4.78 is 10.5. The van der Waals surface area contributed by atoms with Gasteiger partial charge in [-0.15, -0.1) is 6.58 Å². The van der Waals surface area contributed by atoms with Gasteiger partial charge in [0.05, 0.1) is 11.3 Å². The van der Waals surface area contributed by atoms with Crippen LogP contribution in [0.5, 0.6) is 0 Å². The second kappa shape index (κ2) is 6.63. The van der Waals surface area contributed by atoms with Crippen LogP contribution in [-0.2, 0) is 20.9 Å². The van der Waals surface area contributed by atoms with Crippen molar-refractivity contribution in [2.75, 3.05) is 11.4 Å². The van der Waals surface area contributed by atoms with E-state index in [0.29, 0.717) is 22.7 Å². The fourth-order valence-corrected chi connectivity index (χ4v) is 3.87. The maximum atomic E-state index is 13.3. The zero-order valence-corrected chi connectivity index (χ0v) is 15.4. The van der Waals surface area contributed by atoms with Crippen LogP contribution in [-0.4, -0.2) is 40.0 Å². The number of fused-ring (bicyclic) bond motifs is 3. The molecule has 0 N–H and O–H groups in total. The van der Waals surface area contributed by atoms with E-state index in [9.17, 15) is 14.4 Å². The summed E-state index contributed by atoms with van der Waals surface area (Å²) in [5.41, 5.74) is -0.286. The van der Waals surface area contributed by atoms with Gasteiger partial charge in [0.2, 0.25) is 11.6 Å². The van der Waals surface area contributed by atoms with E-state index in [0.717, 1.165) is 0 Å². The van der Waals surface area contributed by atoms with Gasteiger partial charge in [0.25, 0.3) is 5.91 Å². The molecule has 0 saturated carbocycles. The van der Waals surface area contributed by atoms with Gasteiger partial charge >= 0.3 is 5.97 Å². The number of anilines is 1. The summed E-state index contributed by atoms with van der Waals surface area (Å²) in [5, 5.41) is 3.81. The highest BCUT2D eigenvalue weighted by Gasteiger charge is 2.61. The molecule has 0 aliphatic carbocycles. The Morgan fingerprint density at radius 1 is 1.39 bits per heavy atom. The van der Waals surface area contributed by atoms with Crippen LogP contribution >= 0.6 is 0 Å². The van der Waals surface area contributed by atoms with Crippen molar-refractivity contribution >= 4 is 23.5 Å². The molecule has 2 aliphatic rings. The molecule has 2 aliphatic heterocycles. The molecule has 8 nitrogen and oxygen atoms in total. The number of ether oxygens (including phenoxy) is 1. The van der Waals surface area contributed by atoms with Crippen LogP contribution in [0.2, 0.25) is 0 Å². The summed E-state index contributed by atoms with van der Waals surface area (Å²) in [6.07, 6.45) is 1.81. The van der Waals surface area contributed by atoms with Crippen molar-refractivity contribution in [1.82, 2.24) is 10.1 Å². The molecule has 1 aromatic heterocycles. The van der Waals surface area contributed by atoms with Crippen LogP contribution in [0.15, 0.2) is 47.5 Å². The molecule has 1 fully saturated rings. The summed E-state index contributed by atoms with van der Waals surface area (Å²) in [6.45, 7) is 5.42. The van der Waals surface area contributed by atoms with Crippen molar-refractivity contribution in [3.05, 3.63) is 60.0 Å². The SMILES string of the molecule is C=CCN1C(=O)c2ccccc2N2C(=O)CC[C@@]12C(=O)OCc1cc(C)on1. The van der Waals surface area contributed by atoms with Crippen LogP contribution in [0, 0.1) is 6.92 Å². The third kappa shape index (κ3) is 2.52. The molecule has 0 bridgehead atoms. The minimum atomic E-state index is -1.53. The number of nitrogens with zero attached hydrogens (tertiary/aromatic N) is 3. The van der Waals surface area contributed by atoms with Crippen molar-refractivity contribution in [3.8, 4) is 0 Å². The fraction of sp³-hybridized carbons (Fsp3) is 0.300. The number of rotatable bonds is 5. The van der Waals surface area contributed by atoms with Crippen molar-refractivity contribution in [2.45, 2.75) is 32.0 Å². The molecule has 144 valence electrons. The third-order valence-electron chi connectivity index (χ3n) is 5.04. The predicted octanol–water partition coefficient (Wildman–Crippen LogP) is 2.19. The average Bonchev–Trinajstić information content (AvgIpc) is 3.27. The first-order valence-electron chi connectivity index (χ1n) is 8.93. The molecule has 3 heterocycles. The van der Waals surface area contributed by atoms with Gasteiger partial charge in [0, 0.05) is 25.5 Å². The first kappa shape index (κ1) is 18.0. The van der Waals surface area contributed by atoms with E-state index in [2.05, 4.69) is 11.7 Å². The minimum absolute atomic E-state index is 0.106. The zero-order valence-electron chi connectivity index (χ0n) is 15.4. The van der Waals surface area contributed by atoms with Crippen LogP contribution in [0.1, 0.15) is 34.7 Å². The van der Waals surface area contributed by atoms with Gasteiger partial charge in [-0.25, -0.2) is 4.79 Å². The largest absolute Gasteiger partial charge is 0.456 e. The molecule has 2 amide bonds. The molecule has 4 rings (SSSR count). The monoisotopic (exact) mass is 381 g/mol. The van der Waals surface area contributed by atoms with Crippen molar-refractivity contribution < 1.29 is 23.6 Å². The third-order valence-corrected chi connectivity index (χ3v) is 5.04. The highest BCUT2D eigenvalue weighted by atomic mass is 16.5. The summed E-state index contributed by atoms with van der Waals surface area (Å²) in [4.78, 5) is 41.9. The van der Waals surface area contributed by atoms with E-state index in [1.54, 1.807) is 37.3 Å². The number of para-hydroxylation sites is 1. The van der Waals surface area contributed by atoms with E-state index in [1.165, 1.54) is 15.9 Å². The molecular formula is C20H19N3O5. The van der Waals surface area contributed by atoms with E-state index < -0.39 is 11.6 Å². The molecule has 8 heteroatoms. The Morgan fingerprint density at radius 3 is 2.89 bits per heavy atom. The molecule has 0 radical (unpaired) electrons. The Balaban J connectivity index is 1.76. The molecule has 2 aromatic rings. The Bertz CT molecular complexity index is 982. The summed E-state index contributed by atoms with van der Waals surface area (Å²) in [5.74, 6) is -0.653. The normalized spacial score (nSPS) is 20.8. The molecular weight excluding hydrogens is 362 g/mol. The molecule has 0 unspecified atom stereocenters. The van der Waals surface area contributed by atoms with Crippen LogP contribution < -0.4 is 4.90 Å². The minimum Gasteiger partial charge on any atom is -0.456 e. The van der Waals surface area contributed by atoms with E-state index >= 15 is 0 Å². The number of esters is 1. The summed E-state index contributed by atoms with van der Waals surface area (Å²) >= 11 is 0. The first-order chi connectivity index (χ1) is 13.5. The zero-order chi connectivity index (χ0) is 19.9. The number of hydrogen-bond donors (Lipinski definition) is 0.